The van der Waals surface area contributed by atoms with Crippen molar-refractivity contribution in [2.24, 2.45) is 5.92 Å². The second-order valence-corrected chi connectivity index (χ2v) is 9.38. The van der Waals surface area contributed by atoms with E-state index < -0.39 is 0 Å². The van der Waals surface area contributed by atoms with Crippen molar-refractivity contribution in [3.05, 3.63) is 58.5 Å². The van der Waals surface area contributed by atoms with E-state index in [-0.39, 0.29) is 17.6 Å². The van der Waals surface area contributed by atoms with Crippen LogP contribution in [0.1, 0.15) is 52.3 Å². The maximum absolute atomic E-state index is 12.6. The third-order valence-electron chi connectivity index (χ3n) is 6.96. The molecule has 4 rings (SSSR count). The summed E-state index contributed by atoms with van der Waals surface area (Å²) in [6.45, 7) is 16.1. The lowest BCUT2D eigenvalue weighted by Crippen LogP contribution is -2.46. The van der Waals surface area contributed by atoms with E-state index in [2.05, 4.69) is 79.0 Å². The summed E-state index contributed by atoms with van der Waals surface area (Å²) in [4.78, 5) is 26.8. The third-order valence-corrected chi connectivity index (χ3v) is 6.96. The van der Waals surface area contributed by atoms with Gasteiger partial charge in [-0.2, -0.15) is 4.98 Å². The molecule has 0 unspecified atom stereocenters. The summed E-state index contributed by atoms with van der Waals surface area (Å²) in [6, 6.07) is 12.3. The fourth-order valence-electron chi connectivity index (χ4n) is 4.37. The van der Waals surface area contributed by atoms with E-state index in [9.17, 15) is 4.79 Å². The van der Waals surface area contributed by atoms with E-state index in [0.29, 0.717) is 17.5 Å². The topological polar surface area (TPSA) is 66.3 Å². The maximum atomic E-state index is 12.6. The van der Waals surface area contributed by atoms with Crippen molar-refractivity contribution in [2.45, 2.75) is 46.7 Å². The van der Waals surface area contributed by atoms with Crippen molar-refractivity contribution in [3.8, 4) is 0 Å². The first-order valence-corrected chi connectivity index (χ1v) is 12.1. The number of fused-ring (bicyclic) bond motifs is 1. The second kappa shape index (κ2) is 9.91. The predicted molar refractivity (Wildman–Crippen MR) is 136 cm³/mol. The Balaban J connectivity index is 1.51. The van der Waals surface area contributed by atoms with E-state index in [0.717, 1.165) is 38.1 Å². The molecule has 0 spiro atoms. The van der Waals surface area contributed by atoms with Gasteiger partial charge in [-0.15, -0.1) is 0 Å². The van der Waals surface area contributed by atoms with Gasteiger partial charge in [-0.05, 0) is 50.1 Å². The Morgan fingerprint density at radius 3 is 2.30 bits per heavy atom. The number of rotatable bonds is 7. The van der Waals surface area contributed by atoms with Gasteiger partial charge < -0.3 is 15.1 Å². The molecule has 0 bridgehead atoms. The summed E-state index contributed by atoms with van der Waals surface area (Å²) in [6.07, 6.45) is 1.79. The second-order valence-electron chi connectivity index (χ2n) is 9.38. The van der Waals surface area contributed by atoms with Crippen molar-refractivity contribution in [2.75, 3.05) is 42.9 Å². The van der Waals surface area contributed by atoms with Crippen molar-refractivity contribution < 1.29 is 0 Å². The number of aromatic nitrogens is 3. The van der Waals surface area contributed by atoms with E-state index in [1.807, 2.05) is 0 Å². The first kappa shape index (κ1) is 23.2. The van der Waals surface area contributed by atoms with Gasteiger partial charge >= 0.3 is 0 Å². The molecule has 0 aliphatic carbocycles. The number of hydrogen-bond acceptors (Lipinski definition) is 6. The van der Waals surface area contributed by atoms with Gasteiger partial charge in [-0.1, -0.05) is 32.9 Å². The quantitative estimate of drug-likeness (QED) is 0.581. The molecule has 0 amide bonds. The molecular weight excluding hydrogens is 412 g/mol. The predicted octanol–water partition coefficient (Wildman–Crippen LogP) is 4.32. The normalized spacial score (nSPS) is 16.8. The molecule has 3 aromatic rings. The van der Waals surface area contributed by atoms with Gasteiger partial charge in [-0.25, -0.2) is 4.98 Å². The monoisotopic (exact) mass is 448 g/mol. The van der Waals surface area contributed by atoms with Crippen LogP contribution in [-0.4, -0.2) is 52.2 Å². The molecule has 1 fully saturated rings. The average molecular weight is 449 g/mol. The molecule has 1 aliphatic heterocycles. The minimum atomic E-state index is -0.0308. The van der Waals surface area contributed by atoms with E-state index >= 15 is 0 Å². The zero-order chi connectivity index (χ0) is 23.5. The van der Waals surface area contributed by atoms with E-state index in [4.69, 9.17) is 4.98 Å². The number of piperazine rings is 1. The zero-order valence-corrected chi connectivity index (χ0v) is 20.5. The Morgan fingerprint density at radius 1 is 0.970 bits per heavy atom. The van der Waals surface area contributed by atoms with Gasteiger partial charge in [-0.3, -0.25) is 9.36 Å². The summed E-state index contributed by atoms with van der Waals surface area (Å²) in [7, 11) is 0. The van der Waals surface area contributed by atoms with Crippen LogP contribution in [0.25, 0.3) is 11.0 Å². The van der Waals surface area contributed by atoms with Crippen LogP contribution in [0, 0.1) is 5.92 Å². The van der Waals surface area contributed by atoms with Crippen molar-refractivity contribution in [1.82, 2.24) is 19.4 Å². The van der Waals surface area contributed by atoms with Gasteiger partial charge in [0.15, 0.2) is 0 Å². The first-order valence-electron chi connectivity index (χ1n) is 12.1. The summed E-state index contributed by atoms with van der Waals surface area (Å²) >= 11 is 0. The van der Waals surface area contributed by atoms with Crippen molar-refractivity contribution in [3.63, 3.8) is 0 Å². The van der Waals surface area contributed by atoms with Crippen molar-refractivity contribution >= 4 is 22.7 Å². The minimum absolute atomic E-state index is 0.0308. The number of nitrogens with zero attached hydrogens (tertiary/aromatic N) is 5. The number of benzene rings is 1. The van der Waals surface area contributed by atoms with E-state index in [1.54, 1.807) is 22.9 Å². The number of pyridine rings is 1. The molecule has 2 aromatic heterocycles. The molecule has 7 nitrogen and oxygen atoms in total. The van der Waals surface area contributed by atoms with Crippen LogP contribution in [0.2, 0.25) is 0 Å². The number of nitrogens with one attached hydrogen (secondary N) is 1. The van der Waals surface area contributed by atoms with Crippen LogP contribution in [0.4, 0.5) is 11.6 Å². The molecule has 3 heterocycles. The Morgan fingerprint density at radius 2 is 1.67 bits per heavy atom. The highest BCUT2D eigenvalue weighted by Crippen LogP contribution is 2.24. The van der Waals surface area contributed by atoms with Gasteiger partial charge in [0.05, 0.1) is 6.04 Å². The highest BCUT2D eigenvalue weighted by atomic mass is 16.1. The molecule has 1 saturated heterocycles. The van der Waals surface area contributed by atoms with Crippen LogP contribution in [0.3, 0.4) is 0 Å². The average Bonchev–Trinajstić information content (AvgIpc) is 2.83. The zero-order valence-electron chi connectivity index (χ0n) is 20.5. The van der Waals surface area contributed by atoms with Crippen LogP contribution in [0.5, 0.6) is 0 Å². The third kappa shape index (κ3) is 5.03. The lowest BCUT2D eigenvalue weighted by Gasteiger charge is -2.35. The molecular formula is C26H36N6O. The summed E-state index contributed by atoms with van der Waals surface area (Å²) in [5.74, 6) is 0.854. The summed E-state index contributed by atoms with van der Waals surface area (Å²) in [5, 5.41) is 4.29. The number of hydrogen-bond donors (Lipinski definition) is 1. The molecule has 0 radical (unpaired) electrons. The van der Waals surface area contributed by atoms with Gasteiger partial charge in [0, 0.05) is 55.6 Å². The smallest absolute Gasteiger partial charge is 0.252 e. The molecule has 2 atom stereocenters. The molecule has 7 heteroatoms. The highest BCUT2D eigenvalue weighted by molar-refractivity contribution is 5.75. The fraction of sp³-hybridized carbons (Fsp3) is 0.500. The summed E-state index contributed by atoms with van der Waals surface area (Å²) < 4.78 is 1.78. The Kier molecular flexibility index (Phi) is 6.98. The Labute approximate surface area is 196 Å². The number of likely N-dealkylation sites (N-methyl/N-ethyl adjacent to an activating group) is 1. The fourth-order valence-corrected chi connectivity index (χ4v) is 4.37. The molecule has 176 valence electrons. The molecule has 33 heavy (non-hydrogen) atoms. The molecule has 1 aromatic carbocycles. The first-order chi connectivity index (χ1) is 15.9. The maximum Gasteiger partial charge on any atom is 0.252 e. The molecule has 0 saturated carbocycles. The van der Waals surface area contributed by atoms with Gasteiger partial charge in [0.25, 0.3) is 5.56 Å². The van der Waals surface area contributed by atoms with Crippen LogP contribution < -0.4 is 15.8 Å². The lowest BCUT2D eigenvalue weighted by atomic mass is 10.1. The molecule has 1 aliphatic rings. The largest absolute Gasteiger partial charge is 0.369 e. The van der Waals surface area contributed by atoms with Crippen LogP contribution in [0.15, 0.2) is 47.4 Å². The van der Waals surface area contributed by atoms with Crippen molar-refractivity contribution in [1.29, 1.82) is 0 Å². The standard InChI is InChI=1S/C26H36N6O/c1-6-30-13-15-31(16-14-30)23-10-7-21(8-11-23)19(4)28-26-27-17-22-9-12-24(33)32(25(22)29-26)20(5)18(2)3/h7-12,17-20H,6,13-16H2,1-5H3,(H,27,28,29)/t19-,20-/m0/s1. The van der Waals surface area contributed by atoms with Gasteiger partial charge in [0.2, 0.25) is 5.95 Å². The molecule has 1 N–H and O–H groups in total. The Bertz CT molecular complexity index is 1130. The van der Waals surface area contributed by atoms with E-state index in [1.165, 1.54) is 11.3 Å². The SMILES string of the molecule is CCN1CCN(c2ccc([C@H](C)Nc3ncc4ccc(=O)n([C@@H](C)C(C)C)c4n3)cc2)CC1. The number of anilines is 2. The highest BCUT2D eigenvalue weighted by Gasteiger charge is 2.18. The van der Waals surface area contributed by atoms with Gasteiger partial charge in [0.1, 0.15) is 5.65 Å². The Hall–Kier alpha value is -2.93. The van der Waals surface area contributed by atoms with Crippen LogP contribution in [-0.2, 0) is 0 Å². The van der Waals surface area contributed by atoms with Crippen LogP contribution >= 0.6 is 0 Å². The lowest BCUT2D eigenvalue weighted by molar-refractivity contribution is 0.271. The summed E-state index contributed by atoms with van der Waals surface area (Å²) in [5.41, 5.74) is 3.10. The minimum Gasteiger partial charge on any atom is -0.369 e.